The van der Waals surface area contributed by atoms with Crippen molar-refractivity contribution in [2.45, 2.75) is 6.92 Å². The average Bonchev–Trinajstić information content (AvgIpc) is 2.51. The molecule has 1 aromatic heterocycles. The number of aromatic nitrogens is 1. The average molecular weight is 226 g/mol. The van der Waals surface area contributed by atoms with Crippen LogP contribution in [0.1, 0.15) is 5.56 Å². The zero-order chi connectivity index (χ0) is 9.97. The van der Waals surface area contributed by atoms with Crippen molar-refractivity contribution in [1.29, 1.82) is 0 Å². The van der Waals surface area contributed by atoms with E-state index < -0.39 is 0 Å². The van der Waals surface area contributed by atoms with Crippen molar-refractivity contribution in [1.82, 2.24) is 4.98 Å². The molecule has 4 heteroatoms. The molecule has 0 radical (unpaired) electrons. The van der Waals surface area contributed by atoms with Gasteiger partial charge in [0.2, 0.25) is 0 Å². The lowest BCUT2D eigenvalue weighted by molar-refractivity contribution is 0.478. The fourth-order valence-electron chi connectivity index (χ4n) is 1.07. The van der Waals surface area contributed by atoms with E-state index in [1.807, 2.05) is 31.2 Å². The number of aryl methyl sites for hydroxylation is 1. The molecule has 0 N–H and O–H groups in total. The summed E-state index contributed by atoms with van der Waals surface area (Å²) in [4.78, 5) is 4.01. The van der Waals surface area contributed by atoms with Crippen LogP contribution in [0, 0.1) is 6.92 Å². The van der Waals surface area contributed by atoms with E-state index in [0.717, 1.165) is 11.3 Å². The summed E-state index contributed by atoms with van der Waals surface area (Å²) in [5.41, 5.74) is 1.16. The van der Waals surface area contributed by atoms with Gasteiger partial charge in [0.25, 0.3) is 5.19 Å². The van der Waals surface area contributed by atoms with Crippen molar-refractivity contribution in [3.05, 3.63) is 40.4 Å². The van der Waals surface area contributed by atoms with Crippen molar-refractivity contribution in [3.63, 3.8) is 0 Å². The van der Waals surface area contributed by atoms with Crippen molar-refractivity contribution < 1.29 is 4.74 Å². The zero-order valence-electron chi connectivity index (χ0n) is 7.53. The second kappa shape index (κ2) is 3.98. The van der Waals surface area contributed by atoms with Crippen LogP contribution in [0.25, 0.3) is 0 Å². The highest BCUT2D eigenvalue weighted by Crippen LogP contribution is 2.29. The molecule has 0 aliphatic heterocycles. The lowest BCUT2D eigenvalue weighted by atomic mass is 10.2. The molecule has 2 rings (SSSR count). The number of hydrogen-bond donors (Lipinski definition) is 0. The van der Waals surface area contributed by atoms with Crippen molar-refractivity contribution in [2.75, 3.05) is 0 Å². The first kappa shape index (κ1) is 9.49. The highest BCUT2D eigenvalue weighted by Gasteiger charge is 2.02. The van der Waals surface area contributed by atoms with Gasteiger partial charge in [-0.05, 0) is 24.6 Å². The summed E-state index contributed by atoms with van der Waals surface area (Å²) in [5.74, 6) is 0.788. The number of ether oxygens (including phenoxy) is 1. The molecule has 72 valence electrons. The molecule has 2 aromatic rings. The van der Waals surface area contributed by atoms with E-state index in [9.17, 15) is 0 Å². The molecule has 0 saturated heterocycles. The van der Waals surface area contributed by atoms with Gasteiger partial charge in [0.05, 0.1) is 6.20 Å². The summed E-state index contributed by atoms with van der Waals surface area (Å²) in [6.07, 6.45) is 1.58. The van der Waals surface area contributed by atoms with Gasteiger partial charge in [0.15, 0.2) is 0 Å². The van der Waals surface area contributed by atoms with Crippen LogP contribution >= 0.6 is 22.9 Å². The molecule has 0 aliphatic carbocycles. The van der Waals surface area contributed by atoms with Crippen LogP contribution in [0.5, 0.6) is 10.9 Å². The third kappa shape index (κ3) is 2.25. The van der Waals surface area contributed by atoms with Crippen LogP contribution in [0.3, 0.4) is 0 Å². The smallest absolute Gasteiger partial charge is 0.280 e. The summed E-state index contributed by atoms with van der Waals surface area (Å²) in [5, 5.41) is 0.570. The topological polar surface area (TPSA) is 22.1 Å². The number of hydrogen-bond acceptors (Lipinski definition) is 3. The molecular weight excluding hydrogens is 218 g/mol. The standard InChI is InChI=1S/C10H8ClNOS/c1-7-3-2-4-8(5-7)13-10-12-6-9(11)14-10/h2-6H,1H3. The van der Waals surface area contributed by atoms with Gasteiger partial charge in [-0.1, -0.05) is 35.1 Å². The predicted molar refractivity (Wildman–Crippen MR) is 58.4 cm³/mol. The zero-order valence-corrected chi connectivity index (χ0v) is 9.10. The van der Waals surface area contributed by atoms with Crippen molar-refractivity contribution in [3.8, 4) is 10.9 Å². The molecule has 14 heavy (non-hydrogen) atoms. The molecule has 0 saturated carbocycles. The van der Waals surface area contributed by atoms with Crippen LogP contribution in [0.15, 0.2) is 30.5 Å². The lowest BCUT2D eigenvalue weighted by Crippen LogP contribution is -1.82. The molecule has 0 unspecified atom stereocenters. The van der Waals surface area contributed by atoms with Crippen molar-refractivity contribution >= 4 is 22.9 Å². The summed E-state index contributed by atoms with van der Waals surface area (Å²) in [7, 11) is 0. The first-order chi connectivity index (χ1) is 6.74. The molecular formula is C10H8ClNOS. The lowest BCUT2D eigenvalue weighted by Gasteiger charge is -2.01. The Hall–Kier alpha value is -1.06. The quantitative estimate of drug-likeness (QED) is 0.774. The third-order valence-corrected chi connectivity index (χ3v) is 2.64. The normalized spacial score (nSPS) is 10.1. The summed E-state index contributed by atoms with van der Waals surface area (Å²) >= 11 is 7.05. The van der Waals surface area contributed by atoms with Gasteiger partial charge in [0, 0.05) is 0 Å². The molecule has 0 aliphatic rings. The number of nitrogens with zero attached hydrogens (tertiary/aromatic N) is 1. The highest BCUT2D eigenvalue weighted by atomic mass is 35.5. The van der Waals surface area contributed by atoms with E-state index >= 15 is 0 Å². The Morgan fingerprint density at radius 3 is 2.93 bits per heavy atom. The van der Waals surface area contributed by atoms with Gasteiger partial charge in [-0.3, -0.25) is 0 Å². The van der Waals surface area contributed by atoms with E-state index in [0.29, 0.717) is 9.53 Å². The Morgan fingerprint density at radius 1 is 1.43 bits per heavy atom. The van der Waals surface area contributed by atoms with Gasteiger partial charge in [-0.2, -0.15) is 0 Å². The minimum atomic E-state index is 0.570. The second-order valence-corrected chi connectivity index (χ2v) is 4.47. The molecule has 2 nitrogen and oxygen atoms in total. The minimum Gasteiger partial charge on any atom is -0.431 e. The monoisotopic (exact) mass is 225 g/mol. The summed E-state index contributed by atoms with van der Waals surface area (Å²) in [6.45, 7) is 2.02. The number of benzene rings is 1. The maximum atomic E-state index is 5.73. The number of rotatable bonds is 2. The van der Waals surface area contributed by atoms with Gasteiger partial charge >= 0.3 is 0 Å². The fraction of sp³-hybridized carbons (Fsp3) is 0.100. The van der Waals surface area contributed by atoms with E-state index in [4.69, 9.17) is 16.3 Å². The number of thiazole rings is 1. The minimum absolute atomic E-state index is 0.570. The van der Waals surface area contributed by atoms with Crippen LogP contribution in [0.4, 0.5) is 0 Å². The molecule has 0 atom stereocenters. The maximum absolute atomic E-state index is 5.73. The Balaban J connectivity index is 2.18. The van der Waals surface area contributed by atoms with E-state index in [2.05, 4.69) is 4.98 Å². The number of halogens is 1. The SMILES string of the molecule is Cc1cccc(Oc2ncc(Cl)s2)c1. The first-order valence-electron chi connectivity index (χ1n) is 4.10. The molecule has 1 aromatic carbocycles. The van der Waals surface area contributed by atoms with Gasteiger partial charge in [-0.15, -0.1) is 0 Å². The molecule has 0 amide bonds. The maximum Gasteiger partial charge on any atom is 0.280 e. The first-order valence-corrected chi connectivity index (χ1v) is 5.29. The molecule has 0 bridgehead atoms. The van der Waals surface area contributed by atoms with Crippen LogP contribution in [-0.4, -0.2) is 4.98 Å². The summed E-state index contributed by atoms with van der Waals surface area (Å²) in [6, 6.07) is 7.80. The van der Waals surface area contributed by atoms with E-state index in [1.165, 1.54) is 11.3 Å². The van der Waals surface area contributed by atoms with Gasteiger partial charge < -0.3 is 4.74 Å². The van der Waals surface area contributed by atoms with Crippen LogP contribution < -0.4 is 4.74 Å². The largest absolute Gasteiger partial charge is 0.431 e. The third-order valence-electron chi connectivity index (χ3n) is 1.65. The molecule has 0 spiro atoms. The van der Waals surface area contributed by atoms with Crippen molar-refractivity contribution in [2.24, 2.45) is 0 Å². The summed E-state index contributed by atoms with van der Waals surface area (Å²) < 4.78 is 6.14. The highest BCUT2D eigenvalue weighted by molar-refractivity contribution is 7.17. The Morgan fingerprint density at radius 2 is 2.29 bits per heavy atom. The Labute approximate surface area is 91.1 Å². The molecule has 1 heterocycles. The van der Waals surface area contributed by atoms with Crippen LogP contribution in [0.2, 0.25) is 4.34 Å². The van der Waals surface area contributed by atoms with E-state index in [-0.39, 0.29) is 0 Å². The van der Waals surface area contributed by atoms with E-state index in [1.54, 1.807) is 6.20 Å². The molecule has 0 fully saturated rings. The Kier molecular flexibility index (Phi) is 2.70. The van der Waals surface area contributed by atoms with Gasteiger partial charge in [0.1, 0.15) is 10.1 Å². The predicted octanol–water partition coefficient (Wildman–Crippen LogP) is 3.90. The fourth-order valence-corrected chi connectivity index (χ4v) is 1.83. The Bertz CT molecular complexity index is 441. The second-order valence-electron chi connectivity index (χ2n) is 2.85. The van der Waals surface area contributed by atoms with Crippen LogP contribution in [-0.2, 0) is 0 Å². The van der Waals surface area contributed by atoms with Gasteiger partial charge in [-0.25, -0.2) is 4.98 Å².